The van der Waals surface area contributed by atoms with Gasteiger partial charge in [0.15, 0.2) is 6.61 Å². The first-order chi connectivity index (χ1) is 16.1. The van der Waals surface area contributed by atoms with E-state index in [4.69, 9.17) is 14.2 Å². The molecule has 172 valence electrons. The van der Waals surface area contributed by atoms with Crippen molar-refractivity contribution in [1.82, 2.24) is 4.98 Å². The summed E-state index contributed by atoms with van der Waals surface area (Å²) in [7, 11) is 1.66. The van der Waals surface area contributed by atoms with Gasteiger partial charge in [-0.05, 0) is 49.4 Å². The minimum absolute atomic E-state index is 0.111. The number of hydrogen-bond acceptors (Lipinski definition) is 7. The highest BCUT2D eigenvalue weighted by Gasteiger charge is 2.28. The molecule has 2 aromatic carbocycles. The van der Waals surface area contributed by atoms with Gasteiger partial charge in [0, 0.05) is 30.2 Å². The second-order valence-corrected chi connectivity index (χ2v) is 8.27. The average molecular weight is 468 g/mol. The highest BCUT2D eigenvalue weighted by Crippen LogP contribution is 2.36. The van der Waals surface area contributed by atoms with Gasteiger partial charge < -0.3 is 19.5 Å². The first-order valence-electron chi connectivity index (χ1n) is 10.6. The maximum absolute atomic E-state index is 12.7. The van der Waals surface area contributed by atoms with E-state index in [-0.39, 0.29) is 25.0 Å². The summed E-state index contributed by atoms with van der Waals surface area (Å²) in [5.74, 6) is 0.705. The Morgan fingerprint density at radius 2 is 2.06 bits per heavy atom. The van der Waals surface area contributed by atoms with Crippen LogP contribution < -0.4 is 19.7 Å². The predicted molar refractivity (Wildman–Crippen MR) is 127 cm³/mol. The molecule has 0 atom stereocenters. The number of nitrogens with zero attached hydrogens (tertiary/aromatic N) is 2. The number of amides is 2. The first-order valence-corrected chi connectivity index (χ1v) is 11.5. The Kier molecular flexibility index (Phi) is 7.21. The van der Waals surface area contributed by atoms with Crippen LogP contribution in [0.5, 0.6) is 11.5 Å². The van der Waals surface area contributed by atoms with E-state index in [2.05, 4.69) is 10.3 Å². The SMILES string of the molecule is CCOc1ccc(NC(=O)CN2C(=O)COc3ccc(-c4csc(CCOC)n4)cc32)cc1. The van der Waals surface area contributed by atoms with Crippen molar-refractivity contribution < 1.29 is 23.8 Å². The van der Waals surface area contributed by atoms with Gasteiger partial charge in [-0.2, -0.15) is 0 Å². The molecule has 1 aliphatic heterocycles. The van der Waals surface area contributed by atoms with Crippen LogP contribution in [-0.2, 0) is 20.7 Å². The molecule has 0 unspecified atom stereocenters. The van der Waals surface area contributed by atoms with Gasteiger partial charge in [0.25, 0.3) is 5.91 Å². The van der Waals surface area contributed by atoms with Crippen molar-refractivity contribution >= 4 is 34.5 Å². The number of carbonyl (C=O) groups excluding carboxylic acids is 2. The molecule has 8 nitrogen and oxygen atoms in total. The fourth-order valence-corrected chi connectivity index (χ4v) is 4.22. The van der Waals surface area contributed by atoms with Gasteiger partial charge in [0.1, 0.15) is 18.0 Å². The molecule has 2 amide bonds. The van der Waals surface area contributed by atoms with Crippen molar-refractivity contribution in [2.45, 2.75) is 13.3 Å². The van der Waals surface area contributed by atoms with Crippen LogP contribution in [0, 0.1) is 0 Å². The van der Waals surface area contributed by atoms with Gasteiger partial charge >= 0.3 is 0 Å². The summed E-state index contributed by atoms with van der Waals surface area (Å²) in [6, 6.07) is 12.7. The lowest BCUT2D eigenvalue weighted by atomic mass is 10.1. The average Bonchev–Trinajstić information content (AvgIpc) is 3.30. The maximum Gasteiger partial charge on any atom is 0.265 e. The van der Waals surface area contributed by atoms with Crippen molar-refractivity contribution in [3.63, 3.8) is 0 Å². The molecule has 1 aliphatic rings. The van der Waals surface area contributed by atoms with Crippen LogP contribution in [0.3, 0.4) is 0 Å². The number of anilines is 2. The molecule has 1 aromatic heterocycles. The van der Waals surface area contributed by atoms with Gasteiger partial charge in [-0.1, -0.05) is 0 Å². The van der Waals surface area contributed by atoms with Crippen LogP contribution in [0.25, 0.3) is 11.3 Å². The van der Waals surface area contributed by atoms with Crippen LogP contribution in [0.2, 0.25) is 0 Å². The Balaban J connectivity index is 1.50. The number of hydrogen-bond donors (Lipinski definition) is 1. The molecule has 0 bridgehead atoms. The van der Waals surface area contributed by atoms with Crippen molar-refractivity contribution in [1.29, 1.82) is 0 Å². The molecule has 2 heterocycles. The minimum Gasteiger partial charge on any atom is -0.494 e. The second-order valence-electron chi connectivity index (χ2n) is 7.33. The Hall–Kier alpha value is -3.43. The smallest absolute Gasteiger partial charge is 0.265 e. The zero-order valence-corrected chi connectivity index (χ0v) is 19.3. The van der Waals surface area contributed by atoms with Crippen molar-refractivity contribution in [3.8, 4) is 22.8 Å². The highest BCUT2D eigenvalue weighted by atomic mass is 32.1. The lowest BCUT2D eigenvalue weighted by Crippen LogP contribution is -2.43. The Morgan fingerprint density at radius 3 is 2.82 bits per heavy atom. The molecule has 0 saturated heterocycles. The van der Waals surface area contributed by atoms with E-state index in [9.17, 15) is 9.59 Å². The van der Waals surface area contributed by atoms with E-state index < -0.39 is 0 Å². The molecule has 0 radical (unpaired) electrons. The summed E-state index contributed by atoms with van der Waals surface area (Å²) >= 11 is 1.56. The number of fused-ring (bicyclic) bond motifs is 1. The molecule has 0 fully saturated rings. The first kappa shape index (κ1) is 22.8. The molecule has 9 heteroatoms. The zero-order valence-electron chi connectivity index (χ0n) is 18.5. The third-order valence-corrected chi connectivity index (χ3v) is 5.93. The zero-order chi connectivity index (χ0) is 23.2. The lowest BCUT2D eigenvalue weighted by molar-refractivity contribution is -0.123. The fraction of sp³-hybridized carbons (Fsp3) is 0.292. The van der Waals surface area contributed by atoms with Gasteiger partial charge in [0.2, 0.25) is 5.91 Å². The molecule has 0 saturated carbocycles. The molecule has 33 heavy (non-hydrogen) atoms. The summed E-state index contributed by atoms with van der Waals surface area (Å²) in [5, 5.41) is 5.78. The van der Waals surface area contributed by atoms with E-state index in [0.717, 1.165) is 28.4 Å². The van der Waals surface area contributed by atoms with Crippen LogP contribution in [0.4, 0.5) is 11.4 Å². The van der Waals surface area contributed by atoms with E-state index >= 15 is 0 Å². The lowest BCUT2D eigenvalue weighted by Gasteiger charge is -2.29. The van der Waals surface area contributed by atoms with Gasteiger partial charge in [-0.3, -0.25) is 14.5 Å². The molecule has 4 rings (SSSR count). The summed E-state index contributed by atoms with van der Waals surface area (Å²) in [4.78, 5) is 31.4. The predicted octanol–water partition coefficient (Wildman–Crippen LogP) is 3.76. The Morgan fingerprint density at radius 1 is 1.24 bits per heavy atom. The monoisotopic (exact) mass is 467 g/mol. The van der Waals surface area contributed by atoms with Crippen molar-refractivity contribution in [3.05, 3.63) is 52.9 Å². The van der Waals surface area contributed by atoms with Crippen LogP contribution in [0.15, 0.2) is 47.8 Å². The standard InChI is InChI=1S/C24H25N3O5S/c1-3-31-18-7-5-17(6-8-18)25-22(28)13-27-20-12-16(4-9-21(20)32-14-24(27)29)19-15-33-23(26-19)10-11-30-2/h4-9,12,15H,3,10-11,13-14H2,1-2H3,(H,25,28). The molecular formula is C24H25N3O5S. The van der Waals surface area contributed by atoms with Crippen LogP contribution >= 0.6 is 11.3 Å². The number of methoxy groups -OCH3 is 1. The second kappa shape index (κ2) is 10.5. The van der Waals surface area contributed by atoms with Gasteiger partial charge in [0.05, 0.1) is 29.6 Å². The van der Waals surface area contributed by atoms with E-state index in [0.29, 0.717) is 30.3 Å². The Bertz CT molecular complexity index is 1130. The number of benzene rings is 2. The van der Waals surface area contributed by atoms with E-state index in [1.165, 1.54) is 4.90 Å². The summed E-state index contributed by atoms with van der Waals surface area (Å²) in [6.07, 6.45) is 0.742. The van der Waals surface area contributed by atoms with Gasteiger partial charge in [-0.25, -0.2) is 4.98 Å². The quantitative estimate of drug-likeness (QED) is 0.515. The normalized spacial score (nSPS) is 12.8. The highest BCUT2D eigenvalue weighted by molar-refractivity contribution is 7.09. The summed E-state index contributed by atoms with van der Waals surface area (Å²) in [6.45, 7) is 2.86. The molecular weight excluding hydrogens is 442 g/mol. The van der Waals surface area contributed by atoms with Crippen LogP contribution in [0.1, 0.15) is 11.9 Å². The summed E-state index contributed by atoms with van der Waals surface area (Å²) < 4.78 is 16.1. The Labute approximate surface area is 196 Å². The van der Waals surface area contributed by atoms with Crippen LogP contribution in [-0.4, -0.2) is 50.3 Å². The van der Waals surface area contributed by atoms with E-state index in [1.807, 2.05) is 30.5 Å². The largest absolute Gasteiger partial charge is 0.494 e. The number of ether oxygens (including phenoxy) is 3. The number of nitrogens with one attached hydrogen (secondary N) is 1. The van der Waals surface area contributed by atoms with Gasteiger partial charge in [-0.15, -0.1) is 11.3 Å². The molecule has 1 N–H and O–H groups in total. The number of aromatic nitrogens is 1. The van der Waals surface area contributed by atoms with Crippen molar-refractivity contribution in [2.24, 2.45) is 0 Å². The number of thiazole rings is 1. The third-order valence-electron chi connectivity index (χ3n) is 5.02. The molecule has 3 aromatic rings. The fourth-order valence-electron chi connectivity index (χ4n) is 3.43. The summed E-state index contributed by atoms with van der Waals surface area (Å²) in [5.41, 5.74) is 2.84. The number of carbonyl (C=O) groups is 2. The maximum atomic E-state index is 12.7. The van der Waals surface area contributed by atoms with Crippen molar-refractivity contribution in [2.75, 3.05) is 43.7 Å². The minimum atomic E-state index is -0.304. The van der Waals surface area contributed by atoms with E-state index in [1.54, 1.807) is 42.7 Å². The topological polar surface area (TPSA) is 90.0 Å². The third kappa shape index (κ3) is 5.50. The molecule has 0 aliphatic carbocycles. The number of rotatable bonds is 9. The molecule has 0 spiro atoms.